The highest BCUT2D eigenvalue weighted by molar-refractivity contribution is 5.16. The van der Waals surface area contributed by atoms with Crippen molar-refractivity contribution in [1.29, 1.82) is 0 Å². The number of hydrogen-bond acceptors (Lipinski definition) is 5. The molecule has 140 valence electrons. The Morgan fingerprint density at radius 2 is 1.93 bits per heavy atom. The van der Waals surface area contributed by atoms with Crippen LogP contribution in [-0.4, -0.2) is 37.7 Å². The summed E-state index contributed by atoms with van der Waals surface area (Å²) in [4.78, 5) is 11.7. The van der Waals surface area contributed by atoms with E-state index in [-0.39, 0.29) is 0 Å². The summed E-state index contributed by atoms with van der Waals surface area (Å²) in [6.45, 7) is 3.73. The topological polar surface area (TPSA) is 60.0 Å². The van der Waals surface area contributed by atoms with Crippen LogP contribution in [-0.2, 0) is 13.1 Å². The van der Waals surface area contributed by atoms with Crippen molar-refractivity contribution in [3.8, 4) is 0 Å². The lowest BCUT2D eigenvalue weighted by atomic mass is 9.97. The van der Waals surface area contributed by atoms with Gasteiger partial charge in [0.1, 0.15) is 5.82 Å². The molecule has 1 aliphatic carbocycles. The van der Waals surface area contributed by atoms with Gasteiger partial charge in [0.2, 0.25) is 5.89 Å². The third-order valence-corrected chi connectivity index (χ3v) is 5.59. The summed E-state index contributed by atoms with van der Waals surface area (Å²) in [6.07, 6.45) is 8.77. The Bertz CT molecular complexity index is 883. The van der Waals surface area contributed by atoms with Crippen molar-refractivity contribution < 1.29 is 4.52 Å². The van der Waals surface area contributed by atoms with Gasteiger partial charge in [0.05, 0.1) is 6.54 Å². The maximum atomic E-state index is 5.41. The van der Waals surface area contributed by atoms with E-state index >= 15 is 0 Å². The number of likely N-dealkylation sites (tertiary alicyclic amines) is 1. The number of aromatic nitrogens is 4. The monoisotopic (exact) mass is 363 g/mol. The van der Waals surface area contributed by atoms with Gasteiger partial charge in [-0.2, -0.15) is 4.98 Å². The summed E-state index contributed by atoms with van der Waals surface area (Å²) in [5.74, 6) is 3.82. The Morgan fingerprint density at radius 3 is 2.78 bits per heavy atom. The number of benzene rings is 1. The molecule has 0 bridgehead atoms. The largest absolute Gasteiger partial charge is 0.339 e. The standard InChI is InChI=1S/C21H25N5O/c1-2-5-16(6-3-1)13-26-12-10-22-20(26)18-7-4-11-25(14-18)15-19-23-21(27-24-19)17-8-9-17/h1-3,5-6,10,12,17-18H,4,7-9,11,13-15H2/t18-/m0/s1. The van der Waals surface area contributed by atoms with Gasteiger partial charge in [-0.05, 0) is 37.8 Å². The molecule has 27 heavy (non-hydrogen) atoms. The molecule has 1 saturated carbocycles. The first-order chi connectivity index (χ1) is 13.3. The molecule has 5 rings (SSSR count). The average molecular weight is 363 g/mol. The lowest BCUT2D eigenvalue weighted by Crippen LogP contribution is -2.35. The second-order valence-corrected chi connectivity index (χ2v) is 7.80. The quantitative estimate of drug-likeness (QED) is 0.670. The molecule has 0 amide bonds. The molecule has 1 aliphatic heterocycles. The smallest absolute Gasteiger partial charge is 0.229 e. The molecule has 1 aromatic carbocycles. The molecule has 1 saturated heterocycles. The minimum absolute atomic E-state index is 0.451. The SMILES string of the molecule is c1ccc(Cn2ccnc2[C@H]2CCCN(Cc3noc(C4CC4)n3)C2)cc1. The van der Waals surface area contributed by atoms with Gasteiger partial charge in [0.25, 0.3) is 0 Å². The third-order valence-electron chi connectivity index (χ3n) is 5.59. The summed E-state index contributed by atoms with van der Waals surface area (Å²) in [5, 5.41) is 4.18. The predicted molar refractivity (Wildman–Crippen MR) is 101 cm³/mol. The van der Waals surface area contributed by atoms with Crippen LogP contribution in [0.2, 0.25) is 0 Å². The highest BCUT2D eigenvalue weighted by Crippen LogP contribution is 2.39. The first-order valence-electron chi connectivity index (χ1n) is 9.95. The van der Waals surface area contributed by atoms with Gasteiger partial charge in [0.15, 0.2) is 5.82 Å². The van der Waals surface area contributed by atoms with Crippen LogP contribution in [0.15, 0.2) is 47.2 Å². The number of nitrogens with zero attached hydrogens (tertiary/aromatic N) is 5. The Hall–Kier alpha value is -2.47. The van der Waals surface area contributed by atoms with Crippen LogP contribution in [0.5, 0.6) is 0 Å². The minimum atomic E-state index is 0.451. The van der Waals surface area contributed by atoms with Crippen LogP contribution >= 0.6 is 0 Å². The normalized spacial score (nSPS) is 20.8. The van der Waals surface area contributed by atoms with E-state index < -0.39 is 0 Å². The van der Waals surface area contributed by atoms with Crippen molar-refractivity contribution in [3.05, 3.63) is 65.8 Å². The van der Waals surface area contributed by atoms with Crippen LogP contribution < -0.4 is 0 Å². The fraction of sp³-hybridized carbons (Fsp3) is 0.476. The number of imidazole rings is 1. The Kier molecular flexibility index (Phi) is 4.49. The van der Waals surface area contributed by atoms with Gasteiger partial charge in [-0.3, -0.25) is 4.90 Å². The van der Waals surface area contributed by atoms with Crippen molar-refractivity contribution in [1.82, 2.24) is 24.6 Å². The average Bonchev–Trinajstić information content (AvgIpc) is 3.27. The van der Waals surface area contributed by atoms with E-state index in [2.05, 4.69) is 56.1 Å². The molecule has 2 aromatic heterocycles. The molecule has 2 aliphatic rings. The molecule has 2 fully saturated rings. The highest BCUT2D eigenvalue weighted by atomic mass is 16.5. The van der Waals surface area contributed by atoms with E-state index in [9.17, 15) is 0 Å². The number of rotatable bonds is 6. The molecular weight excluding hydrogens is 338 g/mol. The molecule has 3 aromatic rings. The molecule has 6 heteroatoms. The van der Waals surface area contributed by atoms with Crippen molar-refractivity contribution in [2.75, 3.05) is 13.1 Å². The molecular formula is C21H25N5O. The van der Waals surface area contributed by atoms with Gasteiger partial charge >= 0.3 is 0 Å². The van der Waals surface area contributed by atoms with Gasteiger partial charge in [-0.25, -0.2) is 4.98 Å². The van der Waals surface area contributed by atoms with Gasteiger partial charge in [-0.1, -0.05) is 35.5 Å². The van der Waals surface area contributed by atoms with Gasteiger partial charge in [-0.15, -0.1) is 0 Å². The van der Waals surface area contributed by atoms with E-state index in [1.54, 1.807) is 0 Å². The van der Waals surface area contributed by atoms with E-state index in [0.717, 1.165) is 37.9 Å². The van der Waals surface area contributed by atoms with Crippen molar-refractivity contribution in [2.24, 2.45) is 0 Å². The molecule has 6 nitrogen and oxygen atoms in total. The zero-order valence-corrected chi connectivity index (χ0v) is 15.5. The summed E-state index contributed by atoms with van der Waals surface area (Å²) in [7, 11) is 0. The van der Waals surface area contributed by atoms with Gasteiger partial charge < -0.3 is 9.09 Å². The Labute approximate surface area is 159 Å². The summed E-state index contributed by atoms with van der Waals surface area (Å²) in [5.41, 5.74) is 1.31. The summed E-state index contributed by atoms with van der Waals surface area (Å²) >= 11 is 0. The van der Waals surface area contributed by atoms with E-state index in [1.165, 1.54) is 37.1 Å². The van der Waals surface area contributed by atoms with Crippen LogP contribution in [0, 0.1) is 0 Å². The fourth-order valence-corrected chi connectivity index (χ4v) is 4.03. The molecule has 0 N–H and O–H groups in total. The Balaban J connectivity index is 1.26. The van der Waals surface area contributed by atoms with Crippen molar-refractivity contribution in [3.63, 3.8) is 0 Å². The second kappa shape index (κ2) is 7.27. The zero-order chi connectivity index (χ0) is 18.1. The zero-order valence-electron chi connectivity index (χ0n) is 15.5. The highest BCUT2D eigenvalue weighted by Gasteiger charge is 2.30. The van der Waals surface area contributed by atoms with E-state index in [4.69, 9.17) is 9.51 Å². The third kappa shape index (κ3) is 3.81. The van der Waals surface area contributed by atoms with Crippen molar-refractivity contribution >= 4 is 0 Å². The maximum absolute atomic E-state index is 5.41. The minimum Gasteiger partial charge on any atom is -0.339 e. The number of piperidine rings is 1. The van der Waals surface area contributed by atoms with Crippen LogP contribution in [0.1, 0.15) is 60.6 Å². The maximum Gasteiger partial charge on any atom is 0.229 e. The molecule has 3 heterocycles. The van der Waals surface area contributed by atoms with Crippen LogP contribution in [0.25, 0.3) is 0 Å². The predicted octanol–water partition coefficient (Wildman–Crippen LogP) is 3.57. The summed E-state index contributed by atoms with van der Waals surface area (Å²) < 4.78 is 7.71. The molecule has 1 atom stereocenters. The summed E-state index contributed by atoms with van der Waals surface area (Å²) in [6, 6.07) is 10.6. The van der Waals surface area contributed by atoms with E-state index in [1.807, 2.05) is 6.20 Å². The van der Waals surface area contributed by atoms with E-state index in [0.29, 0.717) is 11.8 Å². The first kappa shape index (κ1) is 16.7. The van der Waals surface area contributed by atoms with Crippen LogP contribution in [0.4, 0.5) is 0 Å². The Morgan fingerprint density at radius 1 is 1.04 bits per heavy atom. The van der Waals surface area contributed by atoms with Crippen LogP contribution in [0.3, 0.4) is 0 Å². The second-order valence-electron chi connectivity index (χ2n) is 7.80. The lowest BCUT2D eigenvalue weighted by Gasteiger charge is -2.31. The fourth-order valence-electron chi connectivity index (χ4n) is 4.03. The first-order valence-corrected chi connectivity index (χ1v) is 9.95. The molecule has 0 radical (unpaired) electrons. The van der Waals surface area contributed by atoms with Crippen molar-refractivity contribution in [2.45, 2.75) is 50.6 Å². The van der Waals surface area contributed by atoms with Gasteiger partial charge in [0, 0.05) is 37.3 Å². The lowest BCUT2D eigenvalue weighted by molar-refractivity contribution is 0.188. The number of hydrogen-bond donors (Lipinski definition) is 0. The molecule has 0 spiro atoms. The molecule has 0 unspecified atom stereocenters.